The summed E-state index contributed by atoms with van der Waals surface area (Å²) in [5.41, 5.74) is 1.39. The van der Waals surface area contributed by atoms with E-state index in [0.717, 1.165) is 13.1 Å². The van der Waals surface area contributed by atoms with Crippen LogP contribution in [0.2, 0.25) is 0 Å². The summed E-state index contributed by atoms with van der Waals surface area (Å²) in [6.07, 6.45) is 0. The standard InChI is InChI=1S/C15H16N4O2/c1-4-19(5-2)18-17-14-8-6-12(11-16)10-13(14)7-9-15(20)21-3/h6,8,10H,4-5H2,1-3H3. The van der Waals surface area contributed by atoms with E-state index in [1.165, 1.54) is 7.11 Å². The van der Waals surface area contributed by atoms with E-state index < -0.39 is 5.97 Å². The van der Waals surface area contributed by atoms with E-state index in [1.807, 2.05) is 19.9 Å². The van der Waals surface area contributed by atoms with Gasteiger partial charge in [-0.05, 0) is 32.0 Å². The smallest absolute Gasteiger partial charge is 0.384 e. The fourth-order valence-corrected chi connectivity index (χ4v) is 1.42. The van der Waals surface area contributed by atoms with E-state index in [1.54, 1.807) is 23.2 Å². The van der Waals surface area contributed by atoms with Crippen molar-refractivity contribution in [3.05, 3.63) is 29.3 Å². The molecule has 0 N–H and O–H groups in total. The Morgan fingerprint density at radius 1 is 1.38 bits per heavy atom. The average Bonchev–Trinajstić information content (AvgIpc) is 2.53. The van der Waals surface area contributed by atoms with Gasteiger partial charge in [0, 0.05) is 19.0 Å². The van der Waals surface area contributed by atoms with Crippen molar-refractivity contribution in [2.75, 3.05) is 20.2 Å². The molecule has 0 radical (unpaired) electrons. The largest absolute Gasteiger partial charge is 0.459 e. The summed E-state index contributed by atoms with van der Waals surface area (Å²) in [7, 11) is 1.25. The number of methoxy groups -OCH3 is 1. The zero-order chi connectivity index (χ0) is 15.7. The zero-order valence-corrected chi connectivity index (χ0v) is 12.3. The van der Waals surface area contributed by atoms with Crippen molar-refractivity contribution in [1.29, 1.82) is 5.26 Å². The van der Waals surface area contributed by atoms with Gasteiger partial charge in [0.05, 0.1) is 24.3 Å². The first-order valence-electron chi connectivity index (χ1n) is 6.45. The van der Waals surface area contributed by atoms with E-state index in [4.69, 9.17) is 5.26 Å². The number of nitrogens with zero attached hydrogens (tertiary/aromatic N) is 4. The molecule has 0 saturated carbocycles. The van der Waals surface area contributed by atoms with Crippen LogP contribution in [0.1, 0.15) is 25.0 Å². The van der Waals surface area contributed by atoms with Crippen molar-refractivity contribution in [3.63, 3.8) is 0 Å². The molecule has 0 aliphatic rings. The van der Waals surface area contributed by atoms with Crippen LogP contribution in [0.3, 0.4) is 0 Å². The maximum atomic E-state index is 11.1. The van der Waals surface area contributed by atoms with Crippen LogP contribution in [-0.4, -0.2) is 31.2 Å². The topological polar surface area (TPSA) is 78.0 Å². The van der Waals surface area contributed by atoms with Gasteiger partial charge in [-0.25, -0.2) is 4.79 Å². The molecule has 0 amide bonds. The third-order valence-electron chi connectivity index (χ3n) is 2.62. The first-order chi connectivity index (χ1) is 10.1. The van der Waals surface area contributed by atoms with Gasteiger partial charge in [-0.3, -0.25) is 5.01 Å². The summed E-state index contributed by atoms with van der Waals surface area (Å²) < 4.78 is 4.46. The highest BCUT2D eigenvalue weighted by molar-refractivity contribution is 5.89. The first-order valence-corrected chi connectivity index (χ1v) is 6.45. The molecule has 0 heterocycles. The lowest BCUT2D eigenvalue weighted by atomic mass is 10.1. The second-order valence-electron chi connectivity index (χ2n) is 3.91. The molecule has 21 heavy (non-hydrogen) atoms. The molecule has 0 fully saturated rings. The average molecular weight is 284 g/mol. The molecule has 0 saturated heterocycles. The van der Waals surface area contributed by atoms with Crippen LogP contribution in [0.15, 0.2) is 28.5 Å². The van der Waals surface area contributed by atoms with Crippen LogP contribution in [-0.2, 0) is 9.53 Å². The monoisotopic (exact) mass is 284 g/mol. The van der Waals surface area contributed by atoms with Gasteiger partial charge in [0.25, 0.3) is 0 Å². The Labute approximate surface area is 124 Å². The molecule has 0 aliphatic carbocycles. The predicted molar refractivity (Wildman–Crippen MR) is 77.5 cm³/mol. The van der Waals surface area contributed by atoms with Gasteiger partial charge in [-0.1, -0.05) is 11.1 Å². The van der Waals surface area contributed by atoms with Gasteiger partial charge >= 0.3 is 5.97 Å². The molecule has 6 heteroatoms. The number of rotatable bonds is 4. The lowest BCUT2D eigenvalue weighted by Crippen LogP contribution is -2.14. The van der Waals surface area contributed by atoms with Crippen LogP contribution in [0.25, 0.3) is 0 Å². The molecular weight excluding hydrogens is 268 g/mol. The molecule has 0 aromatic heterocycles. The van der Waals surface area contributed by atoms with Crippen molar-refractivity contribution in [3.8, 4) is 17.9 Å². The van der Waals surface area contributed by atoms with Crippen LogP contribution >= 0.6 is 0 Å². The Hall–Kier alpha value is -2.86. The third kappa shape index (κ3) is 4.96. The van der Waals surface area contributed by atoms with E-state index in [9.17, 15) is 4.79 Å². The van der Waals surface area contributed by atoms with Crippen LogP contribution in [0, 0.1) is 23.2 Å². The van der Waals surface area contributed by atoms with Crippen LogP contribution < -0.4 is 0 Å². The minimum atomic E-state index is -0.649. The fraction of sp³-hybridized carbons (Fsp3) is 0.333. The minimum absolute atomic E-state index is 0.436. The molecule has 1 rings (SSSR count). The molecule has 0 atom stereocenters. The molecule has 0 bridgehead atoms. The van der Waals surface area contributed by atoms with Crippen molar-refractivity contribution in [2.24, 2.45) is 10.3 Å². The van der Waals surface area contributed by atoms with Gasteiger partial charge in [0.2, 0.25) is 0 Å². The number of hydrogen-bond acceptors (Lipinski definition) is 5. The van der Waals surface area contributed by atoms with Crippen molar-refractivity contribution < 1.29 is 9.53 Å². The number of hydrogen-bond donors (Lipinski definition) is 0. The summed E-state index contributed by atoms with van der Waals surface area (Å²) in [6, 6.07) is 6.85. The van der Waals surface area contributed by atoms with E-state index >= 15 is 0 Å². The summed E-state index contributed by atoms with van der Waals surface area (Å²) in [4.78, 5) is 11.1. The summed E-state index contributed by atoms with van der Waals surface area (Å²) in [6.45, 7) is 5.41. The number of carbonyl (C=O) groups excluding carboxylic acids is 1. The summed E-state index contributed by atoms with van der Waals surface area (Å²) in [5.74, 6) is 4.32. The minimum Gasteiger partial charge on any atom is -0.459 e. The van der Waals surface area contributed by atoms with Gasteiger partial charge in [0.1, 0.15) is 5.69 Å². The lowest BCUT2D eigenvalue weighted by Gasteiger charge is -2.11. The number of esters is 1. The number of carbonyl (C=O) groups is 1. The molecule has 0 unspecified atom stereocenters. The number of benzene rings is 1. The van der Waals surface area contributed by atoms with Gasteiger partial charge < -0.3 is 4.74 Å². The van der Waals surface area contributed by atoms with E-state index in [2.05, 4.69) is 26.9 Å². The Morgan fingerprint density at radius 3 is 2.67 bits per heavy atom. The highest BCUT2D eigenvalue weighted by atomic mass is 16.5. The van der Waals surface area contributed by atoms with E-state index in [0.29, 0.717) is 16.8 Å². The van der Waals surface area contributed by atoms with Crippen LogP contribution in [0.4, 0.5) is 5.69 Å². The molecular formula is C15H16N4O2. The SMILES string of the molecule is CCN(CC)N=Nc1ccc(C#N)cc1C#CC(=O)OC. The van der Waals surface area contributed by atoms with Crippen molar-refractivity contribution >= 4 is 11.7 Å². The molecule has 108 valence electrons. The fourth-order valence-electron chi connectivity index (χ4n) is 1.42. The van der Waals surface area contributed by atoms with Gasteiger partial charge in [-0.15, -0.1) is 5.11 Å². The molecule has 1 aromatic carbocycles. The second kappa shape index (κ2) is 8.34. The quantitative estimate of drug-likeness (QED) is 0.368. The summed E-state index contributed by atoms with van der Waals surface area (Å²) >= 11 is 0. The Morgan fingerprint density at radius 2 is 2.10 bits per heavy atom. The van der Waals surface area contributed by atoms with E-state index in [-0.39, 0.29) is 0 Å². The predicted octanol–water partition coefficient (Wildman–Crippen LogP) is 2.42. The summed E-state index contributed by atoms with van der Waals surface area (Å²) in [5, 5.41) is 18.9. The van der Waals surface area contributed by atoms with Crippen LogP contribution in [0.5, 0.6) is 0 Å². The maximum Gasteiger partial charge on any atom is 0.384 e. The zero-order valence-electron chi connectivity index (χ0n) is 12.3. The molecule has 1 aromatic rings. The number of nitriles is 1. The Kier molecular flexibility index (Phi) is 6.43. The lowest BCUT2D eigenvalue weighted by molar-refractivity contribution is -0.133. The molecule has 6 nitrogen and oxygen atoms in total. The van der Waals surface area contributed by atoms with Crippen molar-refractivity contribution in [1.82, 2.24) is 5.01 Å². The van der Waals surface area contributed by atoms with Crippen molar-refractivity contribution in [2.45, 2.75) is 13.8 Å². The molecule has 0 spiro atoms. The maximum absolute atomic E-state index is 11.1. The Balaban J connectivity index is 3.16. The third-order valence-corrected chi connectivity index (χ3v) is 2.62. The highest BCUT2D eigenvalue weighted by Gasteiger charge is 2.03. The van der Waals surface area contributed by atoms with Gasteiger partial charge in [-0.2, -0.15) is 5.26 Å². The number of ether oxygens (including phenoxy) is 1. The molecule has 0 aliphatic heterocycles. The normalized spacial score (nSPS) is 9.62. The van der Waals surface area contributed by atoms with Gasteiger partial charge in [0.15, 0.2) is 0 Å². The second-order valence-corrected chi connectivity index (χ2v) is 3.91. The first kappa shape index (κ1) is 16.2. The Bertz CT molecular complexity index is 631. The highest BCUT2D eigenvalue weighted by Crippen LogP contribution is 2.20.